The molecule has 26 heavy (non-hydrogen) atoms. The maximum atomic E-state index is 12.5. The number of rotatable bonds is 7. The van der Waals surface area contributed by atoms with E-state index in [9.17, 15) is 14.7 Å². The Labute approximate surface area is 156 Å². The highest BCUT2D eigenvalue weighted by atomic mass is 32.2. The molecule has 3 rings (SSSR count). The number of hydrogen-bond donors (Lipinski definition) is 1. The van der Waals surface area contributed by atoms with Crippen molar-refractivity contribution in [3.8, 4) is 0 Å². The maximum absolute atomic E-state index is 12.5. The van der Waals surface area contributed by atoms with E-state index in [1.165, 1.54) is 6.20 Å². The van der Waals surface area contributed by atoms with Gasteiger partial charge in [0.2, 0.25) is 5.43 Å². The third kappa shape index (κ3) is 3.99. The fourth-order valence-electron chi connectivity index (χ4n) is 2.93. The normalized spacial score (nSPS) is 11.0. The minimum Gasteiger partial charge on any atom is -0.477 e. The summed E-state index contributed by atoms with van der Waals surface area (Å²) in [4.78, 5) is 26.1. The number of nitrogens with zero attached hydrogens (tertiary/aromatic N) is 1. The lowest BCUT2D eigenvalue weighted by Crippen LogP contribution is -2.19. The SMILES string of the molecule is CCCCCn1cc(C(=O)O)c(=O)c2ccc(Sc3ccccc3)cc21. The van der Waals surface area contributed by atoms with Gasteiger partial charge in [0.05, 0.1) is 5.52 Å². The second-order valence-corrected chi connectivity index (χ2v) is 7.32. The van der Waals surface area contributed by atoms with Gasteiger partial charge in [0.1, 0.15) is 5.56 Å². The molecule has 0 unspecified atom stereocenters. The zero-order chi connectivity index (χ0) is 18.5. The van der Waals surface area contributed by atoms with Crippen LogP contribution >= 0.6 is 11.8 Å². The average molecular weight is 367 g/mol. The minimum atomic E-state index is -1.18. The van der Waals surface area contributed by atoms with Gasteiger partial charge in [0.25, 0.3) is 0 Å². The van der Waals surface area contributed by atoms with Crippen LogP contribution in [0.1, 0.15) is 36.5 Å². The zero-order valence-corrected chi connectivity index (χ0v) is 15.5. The first-order chi connectivity index (χ1) is 12.6. The Morgan fingerprint density at radius 2 is 1.85 bits per heavy atom. The number of aromatic nitrogens is 1. The number of hydrogen-bond acceptors (Lipinski definition) is 3. The number of unbranched alkanes of at least 4 members (excludes halogenated alkanes) is 2. The molecule has 1 aromatic heterocycles. The van der Waals surface area contributed by atoms with Gasteiger partial charge in [0, 0.05) is 27.9 Å². The Hall–Kier alpha value is -2.53. The summed E-state index contributed by atoms with van der Waals surface area (Å²) in [5, 5.41) is 9.81. The molecular weight excluding hydrogens is 346 g/mol. The third-order valence-electron chi connectivity index (χ3n) is 4.26. The standard InChI is InChI=1S/C21H21NO3S/c1-2-3-7-12-22-14-18(21(24)25)20(23)17-11-10-16(13-19(17)22)26-15-8-5-4-6-9-15/h4-6,8-11,13-14H,2-3,7,12H2,1H3,(H,24,25). The van der Waals surface area contributed by atoms with Crippen molar-refractivity contribution < 1.29 is 9.90 Å². The fourth-order valence-corrected chi connectivity index (χ4v) is 3.80. The van der Waals surface area contributed by atoms with Crippen LogP contribution in [-0.4, -0.2) is 15.6 Å². The van der Waals surface area contributed by atoms with Crippen molar-refractivity contribution >= 4 is 28.6 Å². The van der Waals surface area contributed by atoms with Crippen LogP contribution in [0.2, 0.25) is 0 Å². The molecule has 5 heteroatoms. The average Bonchev–Trinajstić information content (AvgIpc) is 2.64. The summed E-state index contributed by atoms with van der Waals surface area (Å²) < 4.78 is 1.91. The molecule has 0 atom stereocenters. The predicted molar refractivity (Wildman–Crippen MR) is 105 cm³/mol. The number of pyridine rings is 1. The van der Waals surface area contributed by atoms with Crippen molar-refractivity contribution in [3.05, 3.63) is 70.5 Å². The topological polar surface area (TPSA) is 59.3 Å². The predicted octanol–water partition coefficient (Wildman–Crippen LogP) is 5.04. The summed E-state index contributed by atoms with van der Waals surface area (Å²) >= 11 is 1.62. The third-order valence-corrected chi connectivity index (χ3v) is 5.26. The number of benzene rings is 2. The van der Waals surface area contributed by atoms with E-state index in [0.29, 0.717) is 11.9 Å². The highest BCUT2D eigenvalue weighted by Crippen LogP contribution is 2.29. The summed E-state index contributed by atoms with van der Waals surface area (Å²) in [6, 6.07) is 15.6. The monoisotopic (exact) mass is 367 g/mol. The van der Waals surface area contributed by atoms with Gasteiger partial charge in [-0.05, 0) is 36.8 Å². The Morgan fingerprint density at radius 1 is 1.08 bits per heavy atom. The molecule has 0 bridgehead atoms. The Bertz CT molecular complexity index is 980. The Kier molecular flexibility index (Phi) is 5.78. The van der Waals surface area contributed by atoms with Gasteiger partial charge in [-0.3, -0.25) is 4.79 Å². The van der Waals surface area contributed by atoms with Crippen molar-refractivity contribution in [2.24, 2.45) is 0 Å². The maximum Gasteiger partial charge on any atom is 0.341 e. The van der Waals surface area contributed by atoms with E-state index in [1.807, 2.05) is 47.0 Å². The Balaban J connectivity index is 2.07. The molecular formula is C21H21NO3S. The molecule has 4 nitrogen and oxygen atoms in total. The largest absolute Gasteiger partial charge is 0.477 e. The molecule has 0 radical (unpaired) electrons. The molecule has 134 valence electrons. The highest BCUT2D eigenvalue weighted by Gasteiger charge is 2.15. The molecule has 2 aromatic carbocycles. The molecule has 0 aliphatic carbocycles. The second-order valence-electron chi connectivity index (χ2n) is 6.17. The lowest BCUT2D eigenvalue weighted by Gasteiger charge is -2.13. The van der Waals surface area contributed by atoms with Gasteiger partial charge < -0.3 is 9.67 Å². The molecule has 0 aliphatic rings. The first-order valence-electron chi connectivity index (χ1n) is 8.73. The molecule has 0 saturated carbocycles. The second kappa shape index (κ2) is 8.23. The Morgan fingerprint density at radius 3 is 2.54 bits per heavy atom. The summed E-state index contributed by atoms with van der Waals surface area (Å²) in [5.41, 5.74) is 0.199. The lowest BCUT2D eigenvalue weighted by atomic mass is 10.1. The lowest BCUT2D eigenvalue weighted by molar-refractivity contribution is 0.0695. The van der Waals surface area contributed by atoms with Crippen molar-refractivity contribution in [3.63, 3.8) is 0 Å². The van der Waals surface area contributed by atoms with E-state index in [4.69, 9.17) is 0 Å². The van der Waals surface area contributed by atoms with E-state index < -0.39 is 11.4 Å². The van der Waals surface area contributed by atoms with E-state index in [1.54, 1.807) is 17.8 Å². The van der Waals surface area contributed by atoms with Gasteiger partial charge in [-0.15, -0.1) is 0 Å². The van der Waals surface area contributed by atoms with Crippen LogP contribution < -0.4 is 5.43 Å². The number of carbonyl (C=O) groups is 1. The number of aryl methyl sites for hydroxylation is 1. The molecule has 3 aromatic rings. The molecule has 0 amide bonds. The van der Waals surface area contributed by atoms with Gasteiger partial charge in [0.15, 0.2) is 0 Å². The quantitative estimate of drug-likeness (QED) is 0.594. The summed E-state index contributed by atoms with van der Waals surface area (Å²) in [5.74, 6) is -1.18. The van der Waals surface area contributed by atoms with Crippen LogP contribution in [0.4, 0.5) is 0 Å². The fraction of sp³-hybridized carbons (Fsp3) is 0.238. The van der Waals surface area contributed by atoms with E-state index >= 15 is 0 Å². The van der Waals surface area contributed by atoms with Crippen LogP contribution in [0.25, 0.3) is 10.9 Å². The van der Waals surface area contributed by atoms with Crippen LogP contribution in [0.5, 0.6) is 0 Å². The summed E-state index contributed by atoms with van der Waals surface area (Å²) in [6.07, 6.45) is 4.58. The first-order valence-corrected chi connectivity index (χ1v) is 9.55. The smallest absolute Gasteiger partial charge is 0.341 e. The highest BCUT2D eigenvalue weighted by molar-refractivity contribution is 7.99. The number of carboxylic acid groups (broad SMARTS) is 1. The van der Waals surface area contributed by atoms with Crippen LogP contribution in [0, 0.1) is 0 Å². The van der Waals surface area contributed by atoms with Gasteiger partial charge >= 0.3 is 5.97 Å². The van der Waals surface area contributed by atoms with Gasteiger partial charge in [-0.1, -0.05) is 49.7 Å². The van der Waals surface area contributed by atoms with Gasteiger partial charge in [-0.25, -0.2) is 4.79 Å². The van der Waals surface area contributed by atoms with Crippen LogP contribution in [0.15, 0.2) is 69.3 Å². The molecule has 0 fully saturated rings. The molecule has 0 saturated heterocycles. The van der Waals surface area contributed by atoms with Gasteiger partial charge in [-0.2, -0.15) is 0 Å². The van der Waals surface area contributed by atoms with E-state index in [0.717, 1.165) is 34.6 Å². The number of aromatic carboxylic acids is 1. The minimum absolute atomic E-state index is 0.169. The van der Waals surface area contributed by atoms with Crippen LogP contribution in [0.3, 0.4) is 0 Å². The van der Waals surface area contributed by atoms with Crippen LogP contribution in [-0.2, 0) is 6.54 Å². The van der Waals surface area contributed by atoms with Crippen molar-refractivity contribution in [1.29, 1.82) is 0 Å². The number of carboxylic acids is 1. The molecule has 1 N–H and O–H groups in total. The summed E-state index contributed by atoms with van der Waals surface area (Å²) in [6.45, 7) is 2.82. The van der Waals surface area contributed by atoms with Crippen molar-refractivity contribution in [2.45, 2.75) is 42.5 Å². The zero-order valence-electron chi connectivity index (χ0n) is 14.6. The number of fused-ring (bicyclic) bond motifs is 1. The first kappa shape index (κ1) is 18.3. The molecule has 1 heterocycles. The molecule has 0 spiro atoms. The van der Waals surface area contributed by atoms with Crippen molar-refractivity contribution in [1.82, 2.24) is 4.57 Å². The molecule has 0 aliphatic heterocycles. The van der Waals surface area contributed by atoms with E-state index in [-0.39, 0.29) is 5.56 Å². The van der Waals surface area contributed by atoms with Crippen molar-refractivity contribution in [2.75, 3.05) is 0 Å². The van der Waals surface area contributed by atoms with E-state index in [2.05, 4.69) is 6.92 Å². The summed E-state index contributed by atoms with van der Waals surface area (Å²) in [7, 11) is 0.